The molecule has 387 valence electrons. The van der Waals surface area contributed by atoms with Gasteiger partial charge in [-0.1, -0.05) is 202 Å². The zero-order chi connectivity index (χ0) is 49.4. The molecule has 0 saturated heterocycles. The van der Waals surface area contributed by atoms with Crippen molar-refractivity contribution in [1.29, 1.82) is 0 Å². The Morgan fingerprint density at radius 1 is 0.281 bits per heavy atom. The Morgan fingerprint density at radius 2 is 0.391 bits per heavy atom. The molecule has 0 spiro atoms. The van der Waals surface area contributed by atoms with Crippen LogP contribution in [0.1, 0.15) is 202 Å². The van der Waals surface area contributed by atoms with E-state index >= 15 is 0 Å². The first kappa shape index (κ1) is 71.4. The molecule has 0 fully saturated rings. The Balaban J connectivity index is -0.000000419. The third-order valence-electron chi connectivity index (χ3n) is 13.3. The van der Waals surface area contributed by atoms with Crippen molar-refractivity contribution in [3.05, 3.63) is 0 Å². The molecule has 0 bridgehead atoms. The van der Waals surface area contributed by atoms with Gasteiger partial charge in [-0.05, 0) is 71.0 Å². The average Bonchev–Trinajstić information content (AvgIpc) is 3.22. The molecule has 0 aliphatic heterocycles. The number of phosphoric ester groups is 3. The molecule has 0 rings (SSSR count). The predicted octanol–water partition coefficient (Wildman–Crippen LogP) is 13.9. The van der Waals surface area contributed by atoms with Crippen LogP contribution >= 0.6 is 23.5 Å². The summed E-state index contributed by atoms with van der Waals surface area (Å²) in [4.78, 5) is 35.4. The minimum absolute atomic E-state index is 0. The van der Waals surface area contributed by atoms with E-state index in [9.17, 15) is 28.4 Å². The molecule has 0 N–H and O–H groups in total. The topological polar surface area (TPSA) is 176 Å². The molecule has 0 amide bonds. The molecular weight excluding hydrogens is 913 g/mol. The summed E-state index contributed by atoms with van der Waals surface area (Å²) >= 11 is 0. The van der Waals surface area contributed by atoms with Gasteiger partial charge in [0.05, 0.1) is 39.6 Å². The van der Waals surface area contributed by atoms with Crippen LogP contribution in [0.2, 0.25) is 0 Å². The summed E-state index contributed by atoms with van der Waals surface area (Å²) in [5.74, 6) is 4.03. The van der Waals surface area contributed by atoms with E-state index in [2.05, 4.69) is 83.1 Å². The van der Waals surface area contributed by atoms with Crippen LogP contribution in [0.5, 0.6) is 0 Å². The van der Waals surface area contributed by atoms with Gasteiger partial charge in [0.25, 0.3) is 23.5 Å². The van der Waals surface area contributed by atoms with Crippen molar-refractivity contribution in [1.82, 2.24) is 0 Å². The molecule has 1 radical (unpaired) electrons. The monoisotopic (exact) mass is 1020 g/mol. The SMILES string of the molecule is CCCC(C)C(C)COP(=O)([O-])OCC(C)C(C)CCC.CCCC(C)C(C)COP(=O)([O-])OCC(C)C(C)CCC.CCCC(C)C(C)COP(=O)([O-])OCC(C)C(C)CCC.[Cr+3]. The molecule has 0 aromatic rings. The van der Waals surface area contributed by atoms with E-state index in [1.54, 1.807) is 0 Å². The average molecular weight is 1020 g/mol. The maximum Gasteiger partial charge on any atom is 3.00 e. The molecule has 0 aromatic carbocycles. The van der Waals surface area contributed by atoms with Crippen molar-refractivity contribution < 1.29 is 72.9 Å². The minimum atomic E-state index is -4.17. The first-order valence-corrected chi connectivity index (χ1v) is 29.4. The Morgan fingerprint density at radius 3 is 0.484 bits per heavy atom. The Labute approximate surface area is 406 Å². The van der Waals surface area contributed by atoms with E-state index in [1.165, 1.54) is 0 Å². The Bertz CT molecular complexity index is 998. The largest absolute Gasteiger partial charge is 3.00 e. The second kappa shape index (κ2) is 40.6. The fraction of sp³-hybridized carbons (Fsp3) is 1.00. The third-order valence-corrected chi connectivity index (χ3v) is 16.1. The van der Waals surface area contributed by atoms with Crippen LogP contribution < -0.4 is 14.7 Å². The molecule has 0 aliphatic rings. The van der Waals surface area contributed by atoms with Gasteiger partial charge in [-0.2, -0.15) is 0 Å². The van der Waals surface area contributed by atoms with E-state index in [4.69, 9.17) is 27.1 Å². The summed E-state index contributed by atoms with van der Waals surface area (Å²) in [5.41, 5.74) is 0. The first-order valence-electron chi connectivity index (χ1n) is 25.0. The van der Waals surface area contributed by atoms with Gasteiger partial charge >= 0.3 is 17.4 Å². The molecule has 0 saturated carbocycles. The zero-order valence-corrected chi connectivity index (χ0v) is 48.3. The summed E-state index contributed by atoms with van der Waals surface area (Å²) in [6, 6.07) is 0. The zero-order valence-electron chi connectivity index (χ0n) is 44.3. The van der Waals surface area contributed by atoms with Crippen LogP contribution in [0, 0.1) is 71.0 Å². The standard InChI is InChI=1S/3C16H35O4P.Cr/c3*1-7-9-13(3)15(5)11-19-21(17,18)20-12-16(6)14(4)10-8-2;/h3*13-16H,7-12H2,1-6H3,(H,17,18);/q;;;+3/p-3. The summed E-state index contributed by atoms with van der Waals surface area (Å²) < 4.78 is 65.5. The summed E-state index contributed by atoms with van der Waals surface area (Å²) in [6.45, 7) is 38.9. The van der Waals surface area contributed by atoms with Crippen molar-refractivity contribution in [2.45, 2.75) is 202 Å². The van der Waals surface area contributed by atoms with Gasteiger partial charge in [-0.15, -0.1) is 0 Å². The Kier molecular flexibility index (Phi) is 45.3. The van der Waals surface area contributed by atoms with E-state index < -0.39 is 23.5 Å². The Hall–Kier alpha value is 0.862. The number of phosphoric acid groups is 3. The van der Waals surface area contributed by atoms with Crippen molar-refractivity contribution in [3.63, 3.8) is 0 Å². The summed E-state index contributed by atoms with van der Waals surface area (Å²) in [5, 5.41) is 0. The van der Waals surface area contributed by atoms with E-state index in [1.807, 2.05) is 41.5 Å². The van der Waals surface area contributed by atoms with E-state index in [0.29, 0.717) is 35.5 Å². The molecule has 12 unspecified atom stereocenters. The molecule has 0 heterocycles. The van der Waals surface area contributed by atoms with E-state index in [0.717, 1.165) is 77.0 Å². The van der Waals surface area contributed by atoms with E-state index in [-0.39, 0.29) is 92.5 Å². The van der Waals surface area contributed by atoms with Crippen molar-refractivity contribution in [2.75, 3.05) is 39.6 Å². The van der Waals surface area contributed by atoms with Crippen molar-refractivity contribution >= 4 is 23.5 Å². The van der Waals surface area contributed by atoms with Gasteiger partial charge in [0.1, 0.15) is 0 Å². The van der Waals surface area contributed by atoms with Crippen LogP contribution in [-0.2, 0) is 58.2 Å². The summed E-state index contributed by atoms with van der Waals surface area (Å²) in [6.07, 6.45) is 13.1. The molecule has 12 nitrogen and oxygen atoms in total. The maximum absolute atomic E-state index is 11.8. The number of rotatable bonds is 36. The normalized spacial score (nSPS) is 20.2. The fourth-order valence-electron chi connectivity index (χ4n) is 6.79. The van der Waals surface area contributed by atoms with Crippen LogP contribution in [-0.4, -0.2) is 39.6 Å². The van der Waals surface area contributed by atoms with Gasteiger partial charge in [0.2, 0.25) is 0 Å². The quantitative estimate of drug-likeness (QED) is 0.0544. The van der Waals surface area contributed by atoms with Crippen LogP contribution in [0.3, 0.4) is 0 Å². The van der Waals surface area contributed by atoms with Crippen molar-refractivity contribution in [3.8, 4) is 0 Å². The number of hydrogen-bond acceptors (Lipinski definition) is 12. The second-order valence-electron chi connectivity index (χ2n) is 19.6. The molecule has 12 atom stereocenters. The first-order chi connectivity index (χ1) is 29.2. The maximum atomic E-state index is 11.8. The fourth-order valence-corrected chi connectivity index (χ4v) is 9.52. The van der Waals surface area contributed by atoms with Crippen molar-refractivity contribution in [2.24, 2.45) is 71.0 Å². The van der Waals surface area contributed by atoms with Crippen LogP contribution in [0.15, 0.2) is 0 Å². The molecule has 0 aliphatic carbocycles. The van der Waals surface area contributed by atoms with Gasteiger partial charge in [-0.25, -0.2) is 0 Å². The van der Waals surface area contributed by atoms with Gasteiger partial charge in [-0.3, -0.25) is 13.7 Å². The van der Waals surface area contributed by atoms with Gasteiger partial charge in [0.15, 0.2) is 0 Å². The third kappa shape index (κ3) is 38.7. The van der Waals surface area contributed by atoms with Crippen LogP contribution in [0.4, 0.5) is 0 Å². The molecule has 16 heteroatoms. The van der Waals surface area contributed by atoms with Gasteiger partial charge < -0.3 is 41.8 Å². The predicted molar refractivity (Wildman–Crippen MR) is 258 cm³/mol. The molecular formula is C48H102CrO12P3. The van der Waals surface area contributed by atoms with Gasteiger partial charge in [0, 0.05) is 0 Å². The summed E-state index contributed by atoms with van der Waals surface area (Å²) in [7, 11) is -12.5. The van der Waals surface area contributed by atoms with Crippen LogP contribution in [0.25, 0.3) is 0 Å². The smallest absolute Gasteiger partial charge is 0.756 e. The second-order valence-corrected chi connectivity index (χ2v) is 23.8. The minimum Gasteiger partial charge on any atom is -0.756 e. The molecule has 0 aromatic heterocycles. The molecule has 64 heavy (non-hydrogen) atoms. The number of hydrogen-bond donors (Lipinski definition) is 0.